The standard InChI is InChI=1S/C16H16F3NO3S/c1-12-7-9-14(10-8-12)24(22,23)20-11-15(21,16(17,18)19)13-5-3-2-4-6-13/h2-10,20-21H,11H2,1H3. The Morgan fingerprint density at radius 2 is 1.54 bits per heavy atom. The maximum Gasteiger partial charge on any atom is 0.422 e. The summed E-state index contributed by atoms with van der Waals surface area (Å²) in [6.45, 7) is 0.526. The van der Waals surface area contributed by atoms with Crippen LogP contribution < -0.4 is 4.72 Å². The third kappa shape index (κ3) is 3.77. The van der Waals surface area contributed by atoms with Crippen LogP contribution in [0.5, 0.6) is 0 Å². The monoisotopic (exact) mass is 359 g/mol. The number of aryl methyl sites for hydroxylation is 1. The fourth-order valence-electron chi connectivity index (χ4n) is 2.08. The van der Waals surface area contributed by atoms with Gasteiger partial charge in [-0.05, 0) is 24.6 Å². The minimum absolute atomic E-state index is 0.175. The number of sulfonamides is 1. The van der Waals surface area contributed by atoms with E-state index in [9.17, 15) is 26.7 Å². The maximum absolute atomic E-state index is 13.3. The Morgan fingerprint density at radius 3 is 2.04 bits per heavy atom. The number of aliphatic hydroxyl groups is 1. The highest BCUT2D eigenvalue weighted by molar-refractivity contribution is 7.89. The third-order valence-electron chi connectivity index (χ3n) is 3.57. The summed E-state index contributed by atoms with van der Waals surface area (Å²) in [5.74, 6) is 0. The Hall–Kier alpha value is -1.90. The molecule has 0 saturated carbocycles. The van der Waals surface area contributed by atoms with Crippen LogP contribution in [0.2, 0.25) is 0 Å². The van der Waals surface area contributed by atoms with Crippen molar-refractivity contribution in [3.63, 3.8) is 0 Å². The van der Waals surface area contributed by atoms with Crippen molar-refractivity contribution in [1.29, 1.82) is 0 Å². The van der Waals surface area contributed by atoms with Crippen molar-refractivity contribution in [2.24, 2.45) is 0 Å². The molecular weight excluding hydrogens is 343 g/mol. The first-order valence-electron chi connectivity index (χ1n) is 6.97. The van der Waals surface area contributed by atoms with Crippen molar-refractivity contribution in [2.75, 3.05) is 6.54 Å². The number of halogens is 3. The van der Waals surface area contributed by atoms with Crippen LogP contribution in [0.3, 0.4) is 0 Å². The zero-order valence-electron chi connectivity index (χ0n) is 12.7. The van der Waals surface area contributed by atoms with Gasteiger partial charge in [-0.1, -0.05) is 48.0 Å². The minimum Gasteiger partial charge on any atom is -0.375 e. The minimum atomic E-state index is -5.05. The molecule has 0 saturated heterocycles. The van der Waals surface area contributed by atoms with Crippen molar-refractivity contribution in [3.05, 3.63) is 65.7 Å². The van der Waals surface area contributed by atoms with Gasteiger partial charge in [0.25, 0.3) is 0 Å². The maximum atomic E-state index is 13.3. The SMILES string of the molecule is Cc1ccc(S(=O)(=O)NCC(O)(c2ccccc2)C(F)(F)F)cc1. The van der Waals surface area contributed by atoms with Gasteiger partial charge in [0.05, 0.1) is 11.4 Å². The summed E-state index contributed by atoms with van der Waals surface area (Å²) in [5.41, 5.74) is -2.96. The van der Waals surface area contributed by atoms with Crippen LogP contribution >= 0.6 is 0 Å². The number of hydrogen-bond acceptors (Lipinski definition) is 3. The summed E-state index contributed by atoms with van der Waals surface area (Å²) in [6.07, 6.45) is -5.05. The molecule has 0 fully saturated rings. The first-order valence-corrected chi connectivity index (χ1v) is 8.45. The van der Waals surface area contributed by atoms with Gasteiger partial charge in [-0.2, -0.15) is 13.2 Å². The zero-order chi connectivity index (χ0) is 18.0. The number of benzene rings is 2. The predicted molar refractivity (Wildman–Crippen MR) is 82.8 cm³/mol. The molecule has 0 amide bonds. The van der Waals surface area contributed by atoms with Gasteiger partial charge in [0.2, 0.25) is 10.0 Å². The summed E-state index contributed by atoms with van der Waals surface area (Å²) in [6, 6.07) is 12.0. The van der Waals surface area contributed by atoms with E-state index in [1.165, 1.54) is 42.5 Å². The molecule has 24 heavy (non-hydrogen) atoms. The van der Waals surface area contributed by atoms with Gasteiger partial charge in [0.1, 0.15) is 0 Å². The van der Waals surface area contributed by atoms with Gasteiger partial charge < -0.3 is 5.11 Å². The quantitative estimate of drug-likeness (QED) is 0.863. The van der Waals surface area contributed by atoms with Crippen molar-refractivity contribution in [3.8, 4) is 0 Å². The first-order chi connectivity index (χ1) is 11.1. The lowest BCUT2D eigenvalue weighted by molar-refractivity contribution is -0.263. The molecule has 0 aliphatic carbocycles. The largest absolute Gasteiger partial charge is 0.422 e. The molecule has 2 aromatic carbocycles. The highest BCUT2D eigenvalue weighted by atomic mass is 32.2. The van der Waals surface area contributed by atoms with E-state index >= 15 is 0 Å². The predicted octanol–water partition coefficient (Wildman–Crippen LogP) is 2.72. The molecule has 0 aliphatic rings. The molecule has 0 aromatic heterocycles. The normalized spacial score (nSPS) is 15.0. The summed E-state index contributed by atoms with van der Waals surface area (Å²) in [7, 11) is -4.19. The van der Waals surface area contributed by atoms with Gasteiger partial charge in [-0.15, -0.1) is 0 Å². The molecule has 0 bridgehead atoms. The Kier molecular flexibility index (Phi) is 5.03. The molecule has 4 nitrogen and oxygen atoms in total. The van der Waals surface area contributed by atoms with Crippen LogP contribution in [0.4, 0.5) is 13.2 Å². The Bertz CT molecular complexity index is 790. The second-order valence-corrected chi connectivity index (χ2v) is 7.13. The lowest BCUT2D eigenvalue weighted by atomic mass is 9.93. The van der Waals surface area contributed by atoms with Gasteiger partial charge in [0.15, 0.2) is 5.60 Å². The number of alkyl halides is 3. The highest BCUT2D eigenvalue weighted by Gasteiger charge is 2.55. The highest BCUT2D eigenvalue weighted by Crippen LogP contribution is 2.38. The van der Waals surface area contributed by atoms with Gasteiger partial charge in [-0.25, -0.2) is 13.1 Å². The lowest BCUT2D eigenvalue weighted by Crippen LogP contribution is -2.51. The van der Waals surface area contributed by atoms with Crippen LogP contribution in [0.1, 0.15) is 11.1 Å². The topological polar surface area (TPSA) is 66.4 Å². The van der Waals surface area contributed by atoms with E-state index in [2.05, 4.69) is 0 Å². The van der Waals surface area contributed by atoms with E-state index in [0.717, 1.165) is 17.7 Å². The molecule has 2 rings (SSSR count). The lowest BCUT2D eigenvalue weighted by Gasteiger charge is -2.31. The summed E-state index contributed by atoms with van der Waals surface area (Å²) in [4.78, 5) is -0.175. The molecule has 0 radical (unpaired) electrons. The first kappa shape index (κ1) is 18.4. The van der Waals surface area contributed by atoms with Crippen LogP contribution in [-0.4, -0.2) is 26.2 Å². The molecule has 1 unspecified atom stereocenters. The molecule has 1 atom stereocenters. The second kappa shape index (κ2) is 6.54. The van der Waals surface area contributed by atoms with Gasteiger partial charge in [0, 0.05) is 0 Å². The molecular formula is C16H16F3NO3S. The van der Waals surface area contributed by atoms with E-state index in [1.807, 2.05) is 4.72 Å². The van der Waals surface area contributed by atoms with Crippen LogP contribution in [-0.2, 0) is 15.6 Å². The summed E-state index contributed by atoms with van der Waals surface area (Å²) >= 11 is 0. The Morgan fingerprint density at radius 1 is 1.00 bits per heavy atom. The number of rotatable bonds is 5. The van der Waals surface area contributed by atoms with E-state index < -0.39 is 33.9 Å². The molecule has 8 heteroatoms. The van der Waals surface area contributed by atoms with Crippen LogP contribution in [0.25, 0.3) is 0 Å². The van der Waals surface area contributed by atoms with E-state index in [0.29, 0.717) is 0 Å². The van der Waals surface area contributed by atoms with Crippen molar-refractivity contribution in [1.82, 2.24) is 4.72 Å². The van der Waals surface area contributed by atoms with E-state index in [-0.39, 0.29) is 4.90 Å². The van der Waals surface area contributed by atoms with E-state index in [1.54, 1.807) is 6.92 Å². The van der Waals surface area contributed by atoms with Crippen molar-refractivity contribution >= 4 is 10.0 Å². The fourth-order valence-corrected chi connectivity index (χ4v) is 3.14. The summed E-state index contributed by atoms with van der Waals surface area (Å²) < 4.78 is 66.2. The molecule has 2 aromatic rings. The average Bonchev–Trinajstić information content (AvgIpc) is 2.53. The molecule has 130 valence electrons. The zero-order valence-corrected chi connectivity index (χ0v) is 13.5. The van der Waals surface area contributed by atoms with Crippen molar-refractivity contribution in [2.45, 2.75) is 23.6 Å². The fraction of sp³-hybridized carbons (Fsp3) is 0.250. The van der Waals surface area contributed by atoms with Crippen LogP contribution in [0, 0.1) is 6.92 Å². The molecule has 0 spiro atoms. The molecule has 0 heterocycles. The van der Waals surface area contributed by atoms with Gasteiger partial charge >= 0.3 is 6.18 Å². The van der Waals surface area contributed by atoms with Gasteiger partial charge in [-0.3, -0.25) is 0 Å². The average molecular weight is 359 g/mol. The second-order valence-electron chi connectivity index (χ2n) is 5.36. The summed E-state index contributed by atoms with van der Waals surface area (Å²) in [5, 5.41) is 10.1. The molecule has 0 aliphatic heterocycles. The Labute approximate surface area is 138 Å². The van der Waals surface area contributed by atoms with Crippen LogP contribution in [0.15, 0.2) is 59.5 Å². The van der Waals surface area contributed by atoms with Crippen molar-refractivity contribution < 1.29 is 26.7 Å². The molecule has 2 N–H and O–H groups in total. The Balaban J connectivity index is 2.30. The number of hydrogen-bond donors (Lipinski definition) is 2. The smallest absolute Gasteiger partial charge is 0.375 e. The third-order valence-corrected chi connectivity index (χ3v) is 4.99. The van der Waals surface area contributed by atoms with E-state index in [4.69, 9.17) is 0 Å². The number of nitrogens with one attached hydrogen (secondary N) is 1.